The Labute approximate surface area is 268 Å². The van der Waals surface area contributed by atoms with Crippen molar-refractivity contribution in [2.24, 2.45) is 0 Å². The lowest BCUT2D eigenvalue weighted by atomic mass is 10.0. The number of carbonyl (C=O) groups is 4. The van der Waals surface area contributed by atoms with Gasteiger partial charge in [-0.3, -0.25) is 29.3 Å². The minimum absolute atomic E-state index is 0.0153. The summed E-state index contributed by atoms with van der Waals surface area (Å²) < 4.78 is 0. The average molecular weight is 667 g/mol. The molecule has 0 bridgehead atoms. The van der Waals surface area contributed by atoms with E-state index < -0.39 is 53.4 Å². The number of aliphatic hydroxyl groups is 4. The molecular weight excluding hydrogens is 624 g/mol. The number of amides is 5. The molecule has 260 valence electrons. The van der Waals surface area contributed by atoms with Crippen LogP contribution in [0.2, 0.25) is 0 Å². The van der Waals surface area contributed by atoms with Crippen LogP contribution < -0.4 is 43.0 Å². The number of aromatic amines is 2. The van der Waals surface area contributed by atoms with E-state index in [1.54, 1.807) is 13.8 Å². The molecule has 2 aromatic rings. The number of aliphatic hydroxyl groups excluding tert-OH is 4. The van der Waals surface area contributed by atoms with Gasteiger partial charge >= 0.3 is 6.03 Å². The molecule has 4 unspecified atom stereocenters. The summed E-state index contributed by atoms with van der Waals surface area (Å²) in [5, 5.41) is 55.3. The third kappa shape index (κ3) is 14.4. The molecule has 20 nitrogen and oxygen atoms in total. The molecular formula is C27H42N10O10. The van der Waals surface area contributed by atoms with Crippen LogP contribution >= 0.6 is 0 Å². The number of rotatable bonds is 19. The van der Waals surface area contributed by atoms with E-state index in [9.17, 15) is 49.2 Å². The normalized spacial score (nSPS) is 13.4. The first-order valence-corrected chi connectivity index (χ1v) is 14.8. The lowest BCUT2D eigenvalue weighted by Crippen LogP contribution is -2.54. The van der Waals surface area contributed by atoms with Gasteiger partial charge in [0.25, 0.3) is 22.9 Å². The van der Waals surface area contributed by atoms with Gasteiger partial charge in [-0.05, 0) is 39.5 Å². The number of unbranched alkanes of at least 4 members (excludes halogenated alkanes) is 2. The third-order valence-corrected chi connectivity index (χ3v) is 6.35. The first kappa shape index (κ1) is 38.3. The number of aromatic nitrogens is 4. The summed E-state index contributed by atoms with van der Waals surface area (Å²) in [5.41, 5.74) is 0.142. The van der Waals surface area contributed by atoms with Gasteiger partial charge in [-0.2, -0.15) is 9.97 Å². The standard InChI is InChI=1S/C27H42N10O10/c1-14-11-16(38)35-25(33-14)32-13-18(40)28-7-3-4-8-29-23(45)21(43)19(41)20(42)22(44)24(46)30-9-5-6-10-31-27(47)37-26-34-15(2)12-17(39)36-26/h11-12,19-22,41-44H,3-10,13H2,1-2H3,(H,28,40)(H,29,45)(H,30,46)(H2,32,33,35,38)(H3,31,34,36,37,39,47). The quantitative estimate of drug-likeness (QED) is 0.0638. The number of aryl methyl sites for hydroxylation is 2. The Bertz CT molecular complexity index is 1470. The molecule has 47 heavy (non-hydrogen) atoms. The number of hydrogen-bond acceptors (Lipinski definition) is 13. The predicted octanol–water partition coefficient (Wildman–Crippen LogP) is -3.94. The van der Waals surface area contributed by atoms with Crippen LogP contribution in [-0.2, 0) is 14.4 Å². The van der Waals surface area contributed by atoms with Crippen molar-refractivity contribution >= 4 is 35.6 Å². The maximum Gasteiger partial charge on any atom is 0.321 e. The van der Waals surface area contributed by atoms with E-state index in [4.69, 9.17) is 0 Å². The van der Waals surface area contributed by atoms with E-state index in [1.165, 1.54) is 12.1 Å². The maximum atomic E-state index is 12.2. The van der Waals surface area contributed by atoms with Gasteiger partial charge in [-0.15, -0.1) is 0 Å². The molecule has 0 aliphatic carbocycles. The molecule has 0 fully saturated rings. The first-order valence-electron chi connectivity index (χ1n) is 14.8. The van der Waals surface area contributed by atoms with Crippen molar-refractivity contribution < 1.29 is 39.6 Å². The van der Waals surface area contributed by atoms with Gasteiger partial charge in [-0.25, -0.2) is 4.79 Å². The molecule has 0 radical (unpaired) electrons. The largest absolute Gasteiger partial charge is 0.387 e. The van der Waals surface area contributed by atoms with Gasteiger partial charge in [0.05, 0.1) is 6.54 Å². The summed E-state index contributed by atoms with van der Waals surface area (Å²) in [6, 6.07) is 1.97. The minimum Gasteiger partial charge on any atom is -0.387 e. The molecule has 0 aliphatic heterocycles. The number of anilines is 2. The van der Waals surface area contributed by atoms with Crippen LogP contribution in [0.5, 0.6) is 0 Å². The second kappa shape index (κ2) is 19.6. The van der Waals surface area contributed by atoms with Crippen LogP contribution in [0.25, 0.3) is 0 Å². The fourth-order valence-corrected chi connectivity index (χ4v) is 3.92. The van der Waals surface area contributed by atoms with E-state index in [2.05, 4.69) is 51.8 Å². The summed E-state index contributed by atoms with van der Waals surface area (Å²) in [7, 11) is 0. The van der Waals surface area contributed by atoms with Gasteiger partial charge in [0.15, 0.2) is 12.2 Å². The van der Waals surface area contributed by atoms with Crippen molar-refractivity contribution in [2.75, 3.05) is 43.4 Å². The van der Waals surface area contributed by atoms with Crippen molar-refractivity contribution in [3.63, 3.8) is 0 Å². The fraction of sp³-hybridized carbons (Fsp3) is 0.556. The number of nitrogens with zero attached hydrogens (tertiary/aromatic N) is 2. The zero-order chi connectivity index (χ0) is 34.9. The molecule has 2 rings (SSSR count). The highest BCUT2D eigenvalue weighted by molar-refractivity contribution is 5.87. The zero-order valence-electron chi connectivity index (χ0n) is 26.0. The van der Waals surface area contributed by atoms with Gasteiger partial charge in [0, 0.05) is 49.7 Å². The Morgan fingerprint density at radius 3 is 1.60 bits per heavy atom. The molecule has 0 aliphatic rings. The molecule has 5 amide bonds. The Balaban J connectivity index is 1.56. The Morgan fingerprint density at radius 2 is 1.11 bits per heavy atom. The molecule has 0 saturated heterocycles. The van der Waals surface area contributed by atoms with Crippen LogP contribution in [0.3, 0.4) is 0 Å². The van der Waals surface area contributed by atoms with E-state index in [0.717, 1.165) is 0 Å². The minimum atomic E-state index is -2.18. The van der Waals surface area contributed by atoms with E-state index >= 15 is 0 Å². The van der Waals surface area contributed by atoms with Crippen LogP contribution in [0.15, 0.2) is 21.7 Å². The maximum absolute atomic E-state index is 12.2. The van der Waals surface area contributed by atoms with Crippen molar-refractivity contribution in [1.29, 1.82) is 0 Å². The van der Waals surface area contributed by atoms with Gasteiger partial charge in [-0.1, -0.05) is 0 Å². The Morgan fingerprint density at radius 1 is 0.681 bits per heavy atom. The summed E-state index contributed by atoms with van der Waals surface area (Å²) in [6.07, 6.45) is -7.07. The number of hydrogen-bond donors (Lipinski definition) is 12. The smallest absolute Gasteiger partial charge is 0.321 e. The summed E-state index contributed by atoms with van der Waals surface area (Å²) >= 11 is 0. The molecule has 0 aromatic carbocycles. The number of urea groups is 1. The molecule has 2 heterocycles. The average Bonchev–Trinajstić information content (AvgIpc) is 3.00. The lowest BCUT2D eigenvalue weighted by Gasteiger charge is -2.25. The highest BCUT2D eigenvalue weighted by Gasteiger charge is 2.37. The van der Waals surface area contributed by atoms with E-state index in [0.29, 0.717) is 37.1 Å². The molecule has 2 aromatic heterocycles. The molecule has 0 saturated carbocycles. The Kier molecular flexibility index (Phi) is 15.9. The monoisotopic (exact) mass is 666 g/mol. The molecule has 0 spiro atoms. The molecule has 12 N–H and O–H groups in total. The molecule has 20 heteroatoms. The van der Waals surface area contributed by atoms with Crippen molar-refractivity contribution in [3.8, 4) is 0 Å². The Hall–Kier alpha value is -4.92. The van der Waals surface area contributed by atoms with Gasteiger partial charge in [0.1, 0.15) is 12.2 Å². The highest BCUT2D eigenvalue weighted by Crippen LogP contribution is 2.06. The molecule has 4 atom stereocenters. The van der Waals surface area contributed by atoms with Crippen LogP contribution in [-0.4, -0.2) is 121 Å². The van der Waals surface area contributed by atoms with E-state index in [1.807, 2.05) is 0 Å². The first-order chi connectivity index (χ1) is 22.3. The number of nitrogens with one attached hydrogen (secondary N) is 8. The van der Waals surface area contributed by atoms with Crippen molar-refractivity contribution in [2.45, 2.75) is 63.9 Å². The summed E-state index contributed by atoms with van der Waals surface area (Å²) in [6.45, 7) is 3.74. The highest BCUT2D eigenvalue weighted by atomic mass is 16.4. The second-order valence-corrected chi connectivity index (χ2v) is 10.5. The third-order valence-electron chi connectivity index (χ3n) is 6.35. The van der Waals surface area contributed by atoms with Gasteiger partial charge < -0.3 is 57.0 Å². The van der Waals surface area contributed by atoms with Crippen LogP contribution in [0.4, 0.5) is 16.7 Å². The van der Waals surface area contributed by atoms with E-state index in [-0.39, 0.29) is 50.5 Å². The topological polar surface area (TPSA) is 313 Å². The van der Waals surface area contributed by atoms with Crippen LogP contribution in [0, 0.1) is 13.8 Å². The summed E-state index contributed by atoms with van der Waals surface area (Å²) in [4.78, 5) is 83.7. The van der Waals surface area contributed by atoms with Crippen LogP contribution in [0.1, 0.15) is 37.1 Å². The second-order valence-electron chi connectivity index (χ2n) is 10.5. The predicted molar refractivity (Wildman–Crippen MR) is 166 cm³/mol. The fourth-order valence-electron chi connectivity index (χ4n) is 3.92. The van der Waals surface area contributed by atoms with Gasteiger partial charge in [0.2, 0.25) is 17.8 Å². The zero-order valence-corrected chi connectivity index (χ0v) is 26.0. The lowest BCUT2D eigenvalue weighted by molar-refractivity contribution is -0.155. The van der Waals surface area contributed by atoms with Crippen molar-refractivity contribution in [3.05, 3.63) is 44.2 Å². The number of carbonyl (C=O) groups excluding carboxylic acids is 4. The summed E-state index contributed by atoms with van der Waals surface area (Å²) in [5.74, 6) is -2.31. The number of H-pyrrole nitrogens is 2. The SMILES string of the molecule is Cc1cc(=O)nc(NCC(=O)NCCCCNC(=O)C(O)C(O)C(O)C(O)C(=O)NCCCCNC(=O)Nc2nc(=O)cc(C)[nH]2)[nH]1. The van der Waals surface area contributed by atoms with Crippen molar-refractivity contribution in [1.82, 2.24) is 41.2 Å².